The Bertz CT molecular complexity index is 1550. The Kier molecular flexibility index (Phi) is 10.6. The monoisotopic (exact) mass is 646 g/mol. The van der Waals surface area contributed by atoms with Crippen molar-refractivity contribution in [1.82, 2.24) is 24.4 Å². The van der Waals surface area contributed by atoms with E-state index in [1.807, 2.05) is 35.2 Å². The number of urea groups is 1. The number of aliphatic hydroxyl groups is 1. The van der Waals surface area contributed by atoms with Crippen LogP contribution in [0.15, 0.2) is 72.8 Å². The number of carbonyl (C=O) groups excluding carboxylic acids is 1. The van der Waals surface area contributed by atoms with Gasteiger partial charge in [-0.1, -0.05) is 36.4 Å². The fraction of sp³-hybridized carbons (Fsp3) is 0.429. The van der Waals surface area contributed by atoms with Crippen molar-refractivity contribution in [2.24, 2.45) is 0 Å². The average Bonchev–Trinajstić information content (AvgIpc) is 3.52. The molecule has 0 spiro atoms. The minimum absolute atomic E-state index is 0.122. The maximum Gasteiger partial charge on any atom is 0.318 e. The molecule has 46 heavy (non-hydrogen) atoms. The van der Waals surface area contributed by atoms with Crippen LogP contribution < -0.4 is 15.0 Å². The largest absolute Gasteiger partial charge is 0.491 e. The van der Waals surface area contributed by atoms with E-state index in [1.165, 1.54) is 22.2 Å². The summed E-state index contributed by atoms with van der Waals surface area (Å²) in [6.45, 7) is 6.95. The van der Waals surface area contributed by atoms with E-state index in [-0.39, 0.29) is 24.5 Å². The molecular formula is C35H43FN6O3S. The number of β-amino-alcohol motifs (C(OH)–C–C–N with tert-alkyl or cyclic N) is 1. The van der Waals surface area contributed by atoms with Gasteiger partial charge in [-0.2, -0.15) is 4.37 Å². The molecule has 2 amide bonds. The van der Waals surface area contributed by atoms with Crippen LogP contribution in [0.1, 0.15) is 24.0 Å². The third-order valence-corrected chi connectivity index (χ3v) is 9.78. The third-order valence-electron chi connectivity index (χ3n) is 8.96. The van der Waals surface area contributed by atoms with Gasteiger partial charge in [0.15, 0.2) is 0 Å². The Hall–Kier alpha value is -3.77. The van der Waals surface area contributed by atoms with Crippen LogP contribution in [0.4, 0.5) is 15.0 Å². The number of nitrogens with zero attached hydrogens (tertiary/aromatic N) is 5. The number of benzene rings is 3. The SMILES string of the molecule is CN1CCC(N(Cc2ccc(F)cc2)C(=O)NCc2ccc(OCC(O)CN3CCN(c4nsc5ccccc45)CC3)cc2)CC1. The molecule has 1 atom stereocenters. The predicted molar refractivity (Wildman–Crippen MR) is 181 cm³/mol. The number of halogens is 1. The van der Waals surface area contributed by atoms with Crippen LogP contribution in [0.25, 0.3) is 10.1 Å². The predicted octanol–water partition coefficient (Wildman–Crippen LogP) is 4.80. The summed E-state index contributed by atoms with van der Waals surface area (Å²) in [4.78, 5) is 22.1. The molecule has 3 aromatic carbocycles. The Morgan fingerprint density at radius 3 is 2.43 bits per heavy atom. The van der Waals surface area contributed by atoms with Crippen LogP contribution in [0, 0.1) is 5.82 Å². The summed E-state index contributed by atoms with van der Waals surface area (Å²) in [7, 11) is 2.10. The molecule has 2 N–H and O–H groups in total. The Morgan fingerprint density at radius 2 is 1.70 bits per heavy atom. The number of ether oxygens (including phenoxy) is 1. The van der Waals surface area contributed by atoms with Crippen LogP contribution in [-0.2, 0) is 13.1 Å². The number of aliphatic hydroxyl groups excluding tert-OH is 1. The van der Waals surface area contributed by atoms with Gasteiger partial charge in [0.05, 0.1) is 4.70 Å². The fourth-order valence-corrected chi connectivity index (χ4v) is 7.02. The number of carbonyl (C=O) groups is 1. The van der Waals surface area contributed by atoms with E-state index in [0.29, 0.717) is 25.4 Å². The number of piperidine rings is 1. The number of piperazine rings is 1. The molecule has 3 heterocycles. The Balaban J connectivity index is 0.940. The van der Waals surface area contributed by atoms with Crippen molar-refractivity contribution in [3.63, 3.8) is 0 Å². The van der Waals surface area contributed by atoms with Gasteiger partial charge in [-0.15, -0.1) is 0 Å². The number of amides is 2. The maximum atomic E-state index is 13.5. The second-order valence-electron chi connectivity index (χ2n) is 12.3. The number of rotatable bonds is 11. The summed E-state index contributed by atoms with van der Waals surface area (Å²) >= 11 is 1.54. The van der Waals surface area contributed by atoms with Crippen molar-refractivity contribution >= 4 is 33.5 Å². The molecule has 2 aliphatic heterocycles. The molecule has 0 aliphatic carbocycles. The van der Waals surface area contributed by atoms with Crippen molar-refractivity contribution in [3.05, 3.63) is 89.7 Å². The van der Waals surface area contributed by atoms with E-state index in [9.17, 15) is 14.3 Å². The van der Waals surface area contributed by atoms with Gasteiger partial charge in [-0.3, -0.25) is 4.90 Å². The van der Waals surface area contributed by atoms with Gasteiger partial charge in [0, 0.05) is 57.2 Å². The Labute approximate surface area is 274 Å². The topological polar surface area (TPSA) is 84.4 Å². The first-order chi connectivity index (χ1) is 22.4. The van der Waals surface area contributed by atoms with E-state index in [4.69, 9.17) is 4.74 Å². The first-order valence-electron chi connectivity index (χ1n) is 16.1. The number of likely N-dealkylation sites (tertiary alicyclic amines) is 1. The van der Waals surface area contributed by atoms with Gasteiger partial charge in [0.1, 0.15) is 30.1 Å². The first-order valence-corrected chi connectivity index (χ1v) is 16.9. The highest BCUT2D eigenvalue weighted by Crippen LogP contribution is 2.30. The zero-order chi connectivity index (χ0) is 31.9. The molecule has 2 aliphatic rings. The standard InChI is InChI=1S/C35H43FN6O3S/c1-39-16-14-29(15-17-39)42(23-27-6-10-28(36)11-7-27)35(44)37-22-26-8-12-31(13-9-26)45-25-30(43)24-40-18-20-41(21-19-40)34-32-4-2-3-5-33(32)46-38-34/h2-13,29-30,43H,14-25H2,1H3,(H,37,44). The molecule has 4 aromatic rings. The summed E-state index contributed by atoms with van der Waals surface area (Å²) < 4.78 is 25.3. The molecule has 1 aromatic heterocycles. The second kappa shape index (κ2) is 15.2. The molecule has 1 unspecified atom stereocenters. The van der Waals surface area contributed by atoms with Crippen molar-refractivity contribution in [3.8, 4) is 5.75 Å². The summed E-state index contributed by atoms with van der Waals surface area (Å²) in [6, 6.07) is 22.3. The van der Waals surface area contributed by atoms with Crippen LogP contribution in [0.3, 0.4) is 0 Å². The highest BCUT2D eigenvalue weighted by molar-refractivity contribution is 7.13. The summed E-state index contributed by atoms with van der Waals surface area (Å²) in [5.74, 6) is 1.46. The zero-order valence-electron chi connectivity index (χ0n) is 26.4. The van der Waals surface area contributed by atoms with E-state index in [2.05, 4.69) is 49.6 Å². The number of nitrogens with one attached hydrogen (secondary N) is 1. The maximum absolute atomic E-state index is 13.5. The van der Waals surface area contributed by atoms with E-state index < -0.39 is 6.10 Å². The molecule has 6 rings (SSSR count). The van der Waals surface area contributed by atoms with Crippen molar-refractivity contribution in [2.45, 2.75) is 38.1 Å². The number of hydrogen-bond donors (Lipinski definition) is 2. The average molecular weight is 647 g/mol. The zero-order valence-corrected chi connectivity index (χ0v) is 27.2. The highest BCUT2D eigenvalue weighted by atomic mass is 32.1. The minimum atomic E-state index is -0.600. The van der Waals surface area contributed by atoms with Crippen molar-refractivity contribution in [1.29, 1.82) is 0 Å². The van der Waals surface area contributed by atoms with Crippen LogP contribution >= 0.6 is 11.5 Å². The lowest BCUT2D eigenvalue weighted by molar-refractivity contribution is 0.0663. The van der Waals surface area contributed by atoms with Crippen LogP contribution in [0.5, 0.6) is 5.75 Å². The van der Waals surface area contributed by atoms with E-state index in [1.54, 1.807) is 23.7 Å². The third kappa shape index (κ3) is 8.33. The lowest BCUT2D eigenvalue weighted by Gasteiger charge is -2.37. The van der Waals surface area contributed by atoms with E-state index >= 15 is 0 Å². The number of anilines is 1. The summed E-state index contributed by atoms with van der Waals surface area (Å²) in [5, 5.41) is 15.0. The Morgan fingerprint density at radius 1 is 1.00 bits per heavy atom. The molecule has 0 bridgehead atoms. The van der Waals surface area contributed by atoms with Gasteiger partial charge in [-0.05, 0) is 92.0 Å². The molecule has 9 nitrogen and oxygen atoms in total. The molecule has 2 saturated heterocycles. The number of aromatic nitrogens is 1. The summed E-state index contributed by atoms with van der Waals surface area (Å²) in [6.07, 6.45) is 1.21. The van der Waals surface area contributed by atoms with E-state index in [0.717, 1.165) is 69.1 Å². The lowest BCUT2D eigenvalue weighted by atomic mass is 10.0. The first kappa shape index (κ1) is 32.2. The van der Waals surface area contributed by atoms with Gasteiger partial charge in [0.2, 0.25) is 0 Å². The molecule has 2 fully saturated rings. The van der Waals surface area contributed by atoms with Gasteiger partial charge >= 0.3 is 6.03 Å². The number of fused-ring (bicyclic) bond motifs is 1. The molecular weight excluding hydrogens is 603 g/mol. The highest BCUT2D eigenvalue weighted by Gasteiger charge is 2.27. The van der Waals surface area contributed by atoms with Crippen molar-refractivity contribution < 1.29 is 19.0 Å². The fourth-order valence-electron chi connectivity index (χ4n) is 6.23. The lowest BCUT2D eigenvalue weighted by Crippen LogP contribution is -2.49. The molecule has 11 heteroatoms. The van der Waals surface area contributed by atoms with Gasteiger partial charge < -0.3 is 29.9 Å². The molecule has 0 radical (unpaired) electrons. The molecule has 244 valence electrons. The van der Waals surface area contributed by atoms with Crippen molar-refractivity contribution in [2.75, 3.05) is 64.4 Å². The smallest absolute Gasteiger partial charge is 0.318 e. The molecule has 0 saturated carbocycles. The van der Waals surface area contributed by atoms with Crippen LogP contribution in [0.2, 0.25) is 0 Å². The second-order valence-corrected chi connectivity index (χ2v) is 13.2. The summed E-state index contributed by atoms with van der Waals surface area (Å²) in [5.41, 5.74) is 1.86. The van der Waals surface area contributed by atoms with Gasteiger partial charge in [0.25, 0.3) is 0 Å². The van der Waals surface area contributed by atoms with Gasteiger partial charge in [-0.25, -0.2) is 9.18 Å². The minimum Gasteiger partial charge on any atom is -0.491 e. The quantitative estimate of drug-likeness (QED) is 0.242. The normalized spacial score (nSPS) is 17.2. The number of hydrogen-bond acceptors (Lipinski definition) is 8. The van der Waals surface area contributed by atoms with Crippen LogP contribution in [-0.4, -0.2) is 102 Å².